The molecule has 0 unspecified atom stereocenters. The van der Waals surface area contributed by atoms with Crippen LogP contribution in [0.2, 0.25) is 0 Å². The molecule has 1 aromatic carbocycles. The lowest BCUT2D eigenvalue weighted by atomic mass is 10.1. The Balaban J connectivity index is 0.00000288. The summed E-state index contributed by atoms with van der Waals surface area (Å²) in [4.78, 5) is 7.64. The molecule has 0 spiro atoms. The van der Waals surface area contributed by atoms with Crippen molar-refractivity contribution >= 4 is 52.6 Å². The van der Waals surface area contributed by atoms with E-state index in [4.69, 9.17) is 0 Å². The second kappa shape index (κ2) is 11.6. The van der Waals surface area contributed by atoms with Crippen molar-refractivity contribution in [3.05, 3.63) is 35.5 Å². The maximum absolute atomic E-state index is 4.28. The van der Waals surface area contributed by atoms with Gasteiger partial charge in [0.15, 0.2) is 5.96 Å². The van der Waals surface area contributed by atoms with Gasteiger partial charge in [0.25, 0.3) is 0 Å². The summed E-state index contributed by atoms with van der Waals surface area (Å²) in [6, 6.07) is 6.57. The minimum Gasteiger partial charge on any atom is -0.361 e. The second-order valence-corrected chi connectivity index (χ2v) is 6.72. The molecule has 6 heteroatoms. The molecule has 0 saturated carbocycles. The molecule has 134 valence electrons. The highest BCUT2D eigenvalue weighted by molar-refractivity contribution is 14.0. The minimum absolute atomic E-state index is 0. The van der Waals surface area contributed by atoms with Crippen molar-refractivity contribution in [2.45, 2.75) is 26.2 Å². The van der Waals surface area contributed by atoms with Gasteiger partial charge in [-0.3, -0.25) is 4.99 Å². The average Bonchev–Trinajstić information content (AvgIpc) is 2.95. The Hall–Kier alpha value is -0.890. The van der Waals surface area contributed by atoms with Crippen LogP contribution in [-0.4, -0.2) is 43.1 Å². The summed E-state index contributed by atoms with van der Waals surface area (Å²) < 4.78 is 0. The number of fused-ring (bicyclic) bond motifs is 1. The first-order chi connectivity index (χ1) is 11.2. The quantitative estimate of drug-likeness (QED) is 0.242. The lowest BCUT2D eigenvalue weighted by Crippen LogP contribution is -2.38. The van der Waals surface area contributed by atoms with Crippen LogP contribution in [0, 0.1) is 6.92 Å². The lowest BCUT2D eigenvalue weighted by molar-refractivity contribution is 0.731. The smallest absolute Gasteiger partial charge is 0.190 e. The molecule has 24 heavy (non-hydrogen) atoms. The van der Waals surface area contributed by atoms with Gasteiger partial charge in [-0.2, -0.15) is 11.8 Å². The molecule has 3 N–H and O–H groups in total. The van der Waals surface area contributed by atoms with E-state index in [-0.39, 0.29) is 24.0 Å². The highest BCUT2D eigenvalue weighted by Gasteiger charge is 2.04. The van der Waals surface area contributed by atoms with Gasteiger partial charge in [0.2, 0.25) is 0 Å². The Morgan fingerprint density at radius 2 is 2.00 bits per heavy atom. The normalized spacial score (nSPS) is 11.4. The Labute approximate surface area is 166 Å². The summed E-state index contributed by atoms with van der Waals surface area (Å²) in [5.41, 5.74) is 3.86. The Morgan fingerprint density at radius 3 is 2.75 bits per heavy atom. The monoisotopic (exact) mass is 460 g/mol. The number of rotatable bonds is 8. The van der Waals surface area contributed by atoms with Gasteiger partial charge in [-0.05, 0) is 55.4 Å². The highest BCUT2D eigenvalue weighted by atomic mass is 127. The fraction of sp³-hybridized carbons (Fsp3) is 0.500. The number of aromatic nitrogens is 1. The number of aliphatic imine (C=N–C) groups is 1. The zero-order valence-electron chi connectivity index (χ0n) is 14.8. The highest BCUT2D eigenvalue weighted by Crippen LogP contribution is 2.19. The van der Waals surface area contributed by atoms with Crippen molar-refractivity contribution in [1.82, 2.24) is 15.6 Å². The molecule has 0 bridgehead atoms. The van der Waals surface area contributed by atoms with Gasteiger partial charge < -0.3 is 15.6 Å². The van der Waals surface area contributed by atoms with Crippen LogP contribution in [0.3, 0.4) is 0 Å². The summed E-state index contributed by atoms with van der Waals surface area (Å²) in [6.07, 6.45) is 7.68. The van der Waals surface area contributed by atoms with E-state index in [0.29, 0.717) is 0 Å². The summed E-state index contributed by atoms with van der Waals surface area (Å²) in [5, 5.41) is 8.09. The first-order valence-electron chi connectivity index (χ1n) is 8.24. The number of thioether (sulfide) groups is 1. The van der Waals surface area contributed by atoms with Crippen LogP contribution in [0.4, 0.5) is 0 Å². The number of benzene rings is 1. The molecule has 0 aliphatic heterocycles. The summed E-state index contributed by atoms with van der Waals surface area (Å²) in [7, 11) is 1.83. The number of aromatic amines is 1. The molecule has 4 nitrogen and oxygen atoms in total. The van der Waals surface area contributed by atoms with Crippen molar-refractivity contribution in [2.24, 2.45) is 4.99 Å². The van der Waals surface area contributed by atoms with Crippen molar-refractivity contribution in [3.63, 3.8) is 0 Å². The fourth-order valence-corrected chi connectivity index (χ4v) is 3.11. The molecule has 0 aliphatic rings. The van der Waals surface area contributed by atoms with Gasteiger partial charge in [-0.25, -0.2) is 0 Å². The number of hydrogen-bond acceptors (Lipinski definition) is 2. The van der Waals surface area contributed by atoms with E-state index in [9.17, 15) is 0 Å². The zero-order valence-corrected chi connectivity index (χ0v) is 18.0. The zero-order chi connectivity index (χ0) is 16.5. The number of guanidine groups is 1. The van der Waals surface area contributed by atoms with Gasteiger partial charge >= 0.3 is 0 Å². The molecular weight excluding hydrogens is 431 g/mol. The molecule has 1 heterocycles. The number of nitrogens with one attached hydrogen (secondary N) is 3. The van der Waals surface area contributed by atoms with Crippen molar-refractivity contribution in [1.29, 1.82) is 0 Å². The molecule has 0 saturated heterocycles. The predicted molar refractivity (Wildman–Crippen MR) is 119 cm³/mol. The number of aryl methyl sites for hydroxylation is 1. The molecular formula is C18H29IN4S. The molecule has 0 aliphatic carbocycles. The number of H-pyrrole nitrogens is 1. The molecule has 2 rings (SSSR count). The van der Waals surface area contributed by atoms with Crippen molar-refractivity contribution in [2.75, 3.05) is 32.1 Å². The largest absolute Gasteiger partial charge is 0.361 e. The minimum atomic E-state index is 0. The van der Waals surface area contributed by atoms with Crippen LogP contribution in [0.5, 0.6) is 0 Å². The standard InChI is InChI=1S/C18H28N4S.HI/c1-14-6-7-16-15(13-22-17(16)12-14)8-10-21-18(19-2)20-9-4-5-11-23-3;/h6-7,12-13,22H,4-5,8-11H2,1-3H3,(H2,19,20,21);1H. The SMILES string of the molecule is CN=C(NCCCCSC)NCCc1c[nH]c2cc(C)ccc12.I. The van der Waals surface area contributed by atoms with Crippen molar-refractivity contribution < 1.29 is 0 Å². The van der Waals surface area contributed by atoms with E-state index in [2.05, 4.69) is 58.2 Å². The number of halogens is 1. The third-order valence-electron chi connectivity index (χ3n) is 3.90. The first kappa shape index (κ1) is 21.2. The van der Waals surface area contributed by atoms with Gasteiger partial charge in [0.05, 0.1) is 0 Å². The van der Waals surface area contributed by atoms with Crippen LogP contribution in [0.1, 0.15) is 24.0 Å². The Kier molecular flexibility index (Phi) is 10.2. The summed E-state index contributed by atoms with van der Waals surface area (Å²) >= 11 is 1.90. The van der Waals surface area contributed by atoms with Gasteiger partial charge in [-0.15, -0.1) is 24.0 Å². The Morgan fingerprint density at radius 1 is 1.21 bits per heavy atom. The topological polar surface area (TPSA) is 52.2 Å². The number of unbranched alkanes of at least 4 members (excludes halogenated alkanes) is 1. The van der Waals surface area contributed by atoms with Crippen LogP contribution in [-0.2, 0) is 6.42 Å². The number of nitrogens with zero attached hydrogens (tertiary/aromatic N) is 1. The lowest BCUT2D eigenvalue weighted by Gasteiger charge is -2.11. The maximum Gasteiger partial charge on any atom is 0.190 e. The van der Waals surface area contributed by atoms with E-state index in [0.717, 1.165) is 25.5 Å². The third-order valence-corrected chi connectivity index (χ3v) is 4.60. The van der Waals surface area contributed by atoms with Gasteiger partial charge in [0.1, 0.15) is 0 Å². The van der Waals surface area contributed by atoms with E-state index in [1.807, 2.05) is 18.8 Å². The van der Waals surface area contributed by atoms with Crippen LogP contribution < -0.4 is 10.6 Å². The first-order valence-corrected chi connectivity index (χ1v) is 9.64. The molecule has 0 radical (unpaired) electrons. The van der Waals surface area contributed by atoms with Gasteiger partial charge in [0, 0.05) is 37.2 Å². The second-order valence-electron chi connectivity index (χ2n) is 5.74. The molecule has 0 atom stereocenters. The maximum atomic E-state index is 4.28. The van der Waals surface area contributed by atoms with E-state index < -0.39 is 0 Å². The molecule has 0 fully saturated rings. The van der Waals surface area contributed by atoms with Crippen LogP contribution in [0.15, 0.2) is 29.4 Å². The van der Waals surface area contributed by atoms with E-state index in [1.54, 1.807) is 0 Å². The summed E-state index contributed by atoms with van der Waals surface area (Å²) in [5.74, 6) is 2.12. The van der Waals surface area contributed by atoms with E-state index in [1.165, 1.54) is 40.6 Å². The van der Waals surface area contributed by atoms with E-state index >= 15 is 0 Å². The Bertz CT molecular complexity index is 639. The average molecular weight is 460 g/mol. The third kappa shape index (κ3) is 6.55. The van der Waals surface area contributed by atoms with Crippen LogP contribution in [0.25, 0.3) is 10.9 Å². The van der Waals surface area contributed by atoms with Crippen LogP contribution >= 0.6 is 35.7 Å². The molecule has 1 aromatic heterocycles. The molecule has 2 aromatic rings. The molecule has 0 amide bonds. The summed E-state index contributed by atoms with van der Waals surface area (Å²) in [6.45, 7) is 3.98. The predicted octanol–water partition coefficient (Wildman–Crippen LogP) is 3.95. The fourth-order valence-electron chi connectivity index (χ4n) is 2.62. The number of hydrogen-bond donors (Lipinski definition) is 3. The van der Waals surface area contributed by atoms with Crippen molar-refractivity contribution in [3.8, 4) is 0 Å². The van der Waals surface area contributed by atoms with Gasteiger partial charge in [-0.1, -0.05) is 12.1 Å².